The zero-order valence-electron chi connectivity index (χ0n) is 9.28. The normalized spacial score (nSPS) is 19.7. The summed E-state index contributed by atoms with van der Waals surface area (Å²) in [6.07, 6.45) is 2.36. The van der Waals surface area contributed by atoms with Crippen molar-refractivity contribution < 1.29 is 8.42 Å². The quantitative estimate of drug-likeness (QED) is 0.654. The van der Waals surface area contributed by atoms with Gasteiger partial charge in [0.25, 0.3) is 0 Å². The van der Waals surface area contributed by atoms with Crippen molar-refractivity contribution in [3.63, 3.8) is 0 Å². The van der Waals surface area contributed by atoms with Crippen LogP contribution in [0.1, 0.15) is 12.8 Å². The molecule has 0 spiro atoms. The molecule has 0 unspecified atom stereocenters. The monoisotopic (exact) mass is 235 g/mol. The first-order chi connectivity index (χ1) is 6.97. The molecule has 15 heavy (non-hydrogen) atoms. The highest BCUT2D eigenvalue weighted by Gasteiger charge is 2.15. The van der Waals surface area contributed by atoms with Gasteiger partial charge in [-0.1, -0.05) is 0 Å². The van der Waals surface area contributed by atoms with E-state index in [0.717, 1.165) is 19.6 Å². The summed E-state index contributed by atoms with van der Waals surface area (Å²) in [5.74, 6) is 0.741. The van der Waals surface area contributed by atoms with Crippen LogP contribution < -0.4 is 10.5 Å². The van der Waals surface area contributed by atoms with Crippen LogP contribution in [-0.4, -0.2) is 52.3 Å². The first kappa shape index (κ1) is 12.9. The lowest BCUT2D eigenvalue weighted by Gasteiger charge is -2.27. The Bertz CT molecular complexity index is 273. The minimum atomic E-state index is -3.31. The standard InChI is InChI=1S/C9H21N3O2S/c1-12(6-7-15(10,13)14)8-9-2-4-11-5-3-9/h9,11H,2-8H2,1H3,(H2,10,13,14). The van der Waals surface area contributed by atoms with Gasteiger partial charge in [-0.15, -0.1) is 0 Å². The summed E-state index contributed by atoms with van der Waals surface area (Å²) in [6.45, 7) is 3.65. The number of nitrogens with two attached hydrogens (primary N) is 1. The predicted molar refractivity (Wildman–Crippen MR) is 61.1 cm³/mol. The van der Waals surface area contributed by atoms with Gasteiger partial charge in [-0.3, -0.25) is 0 Å². The van der Waals surface area contributed by atoms with Crippen molar-refractivity contribution in [3.8, 4) is 0 Å². The summed E-state index contributed by atoms with van der Waals surface area (Å²) in [7, 11) is -1.36. The average Bonchev–Trinajstić information content (AvgIpc) is 2.15. The molecule has 0 aromatic carbocycles. The van der Waals surface area contributed by atoms with Crippen LogP contribution >= 0.6 is 0 Å². The van der Waals surface area contributed by atoms with E-state index in [2.05, 4.69) is 10.2 Å². The summed E-state index contributed by atoms with van der Waals surface area (Å²) >= 11 is 0. The molecule has 0 aromatic rings. The maximum atomic E-state index is 10.8. The van der Waals surface area contributed by atoms with Crippen molar-refractivity contribution in [2.45, 2.75) is 12.8 Å². The van der Waals surface area contributed by atoms with Gasteiger partial charge in [-0.25, -0.2) is 13.6 Å². The third-order valence-electron chi connectivity index (χ3n) is 2.79. The molecule has 0 atom stereocenters. The van der Waals surface area contributed by atoms with E-state index in [-0.39, 0.29) is 5.75 Å². The Hall–Kier alpha value is -0.170. The van der Waals surface area contributed by atoms with Crippen LogP contribution in [-0.2, 0) is 10.0 Å². The molecule has 0 radical (unpaired) electrons. The van der Waals surface area contributed by atoms with Gasteiger partial charge in [-0.2, -0.15) is 0 Å². The zero-order valence-corrected chi connectivity index (χ0v) is 10.1. The third-order valence-corrected chi connectivity index (χ3v) is 3.54. The number of rotatable bonds is 5. The highest BCUT2D eigenvalue weighted by atomic mass is 32.2. The molecule has 1 fully saturated rings. The van der Waals surface area contributed by atoms with E-state index in [1.54, 1.807) is 0 Å². The van der Waals surface area contributed by atoms with E-state index >= 15 is 0 Å². The van der Waals surface area contributed by atoms with Crippen molar-refractivity contribution >= 4 is 10.0 Å². The van der Waals surface area contributed by atoms with Crippen LogP contribution in [0.4, 0.5) is 0 Å². The minimum Gasteiger partial charge on any atom is -0.317 e. The maximum absolute atomic E-state index is 10.8. The fourth-order valence-corrected chi connectivity index (χ4v) is 2.45. The topological polar surface area (TPSA) is 75.4 Å². The minimum absolute atomic E-state index is 0.0501. The second-order valence-electron chi connectivity index (χ2n) is 4.32. The van der Waals surface area contributed by atoms with Gasteiger partial charge in [0, 0.05) is 13.1 Å². The molecule has 0 bridgehead atoms. The number of primary sulfonamides is 1. The Labute approximate surface area is 92.1 Å². The molecule has 1 rings (SSSR count). The molecule has 3 N–H and O–H groups in total. The Morgan fingerprint density at radius 2 is 2.00 bits per heavy atom. The number of sulfonamides is 1. The van der Waals surface area contributed by atoms with Crippen LogP contribution in [0.2, 0.25) is 0 Å². The molecule has 0 aliphatic carbocycles. The third kappa shape index (κ3) is 6.09. The van der Waals surface area contributed by atoms with E-state index < -0.39 is 10.0 Å². The highest BCUT2D eigenvalue weighted by Crippen LogP contribution is 2.12. The zero-order chi connectivity index (χ0) is 11.3. The summed E-state index contributed by atoms with van der Waals surface area (Å²) in [6, 6.07) is 0. The molecule has 0 amide bonds. The molecular formula is C9H21N3O2S. The summed E-state index contributed by atoms with van der Waals surface area (Å²) in [4.78, 5) is 2.06. The van der Waals surface area contributed by atoms with Crippen LogP contribution in [0.25, 0.3) is 0 Å². The van der Waals surface area contributed by atoms with Gasteiger partial charge < -0.3 is 10.2 Å². The maximum Gasteiger partial charge on any atom is 0.210 e. The molecule has 1 saturated heterocycles. The summed E-state index contributed by atoms with van der Waals surface area (Å²) in [5, 5.41) is 8.26. The van der Waals surface area contributed by atoms with Crippen molar-refractivity contribution in [3.05, 3.63) is 0 Å². The smallest absolute Gasteiger partial charge is 0.210 e. The van der Waals surface area contributed by atoms with Crippen molar-refractivity contribution in [1.29, 1.82) is 0 Å². The fourth-order valence-electron chi connectivity index (χ4n) is 1.88. The van der Waals surface area contributed by atoms with E-state index in [1.165, 1.54) is 12.8 Å². The molecule has 1 heterocycles. The Balaban J connectivity index is 2.20. The SMILES string of the molecule is CN(CCS(N)(=O)=O)CC1CCNCC1. The van der Waals surface area contributed by atoms with Gasteiger partial charge in [-0.05, 0) is 38.9 Å². The Morgan fingerprint density at radius 1 is 1.40 bits per heavy atom. The molecule has 90 valence electrons. The van der Waals surface area contributed by atoms with Crippen LogP contribution in [0.5, 0.6) is 0 Å². The van der Waals surface area contributed by atoms with E-state index in [4.69, 9.17) is 5.14 Å². The second kappa shape index (κ2) is 5.79. The van der Waals surface area contributed by atoms with E-state index in [0.29, 0.717) is 12.5 Å². The van der Waals surface area contributed by atoms with Gasteiger partial charge in [0.1, 0.15) is 0 Å². The largest absolute Gasteiger partial charge is 0.317 e. The first-order valence-corrected chi connectivity index (χ1v) is 7.08. The van der Waals surface area contributed by atoms with Gasteiger partial charge in [0.15, 0.2) is 0 Å². The molecule has 5 nitrogen and oxygen atoms in total. The second-order valence-corrected chi connectivity index (χ2v) is 6.06. The van der Waals surface area contributed by atoms with Crippen molar-refractivity contribution in [2.24, 2.45) is 11.1 Å². The van der Waals surface area contributed by atoms with Crippen molar-refractivity contribution in [2.75, 3.05) is 39.0 Å². The Morgan fingerprint density at radius 3 is 2.53 bits per heavy atom. The number of nitrogens with zero attached hydrogens (tertiary/aromatic N) is 1. The lowest BCUT2D eigenvalue weighted by molar-refractivity contribution is 0.249. The van der Waals surface area contributed by atoms with Crippen LogP contribution in [0.3, 0.4) is 0 Å². The molecule has 1 aliphatic rings. The van der Waals surface area contributed by atoms with Crippen LogP contribution in [0, 0.1) is 5.92 Å². The number of hydrogen-bond acceptors (Lipinski definition) is 4. The lowest BCUT2D eigenvalue weighted by atomic mass is 9.98. The van der Waals surface area contributed by atoms with Gasteiger partial charge in [0.05, 0.1) is 5.75 Å². The first-order valence-electron chi connectivity index (χ1n) is 5.37. The summed E-state index contributed by atoms with van der Waals surface area (Å²) < 4.78 is 21.5. The molecule has 0 aromatic heterocycles. The fraction of sp³-hybridized carbons (Fsp3) is 1.00. The summed E-state index contributed by atoms with van der Waals surface area (Å²) in [5.41, 5.74) is 0. The number of piperidine rings is 1. The molecule has 0 saturated carbocycles. The molecule has 6 heteroatoms. The van der Waals surface area contributed by atoms with E-state index in [9.17, 15) is 8.42 Å². The Kier molecular flexibility index (Phi) is 4.98. The van der Waals surface area contributed by atoms with Crippen molar-refractivity contribution in [1.82, 2.24) is 10.2 Å². The predicted octanol–water partition coefficient (Wildman–Crippen LogP) is -0.794. The number of nitrogens with one attached hydrogen (secondary N) is 1. The van der Waals surface area contributed by atoms with Crippen LogP contribution in [0.15, 0.2) is 0 Å². The molecule has 1 aliphatic heterocycles. The lowest BCUT2D eigenvalue weighted by Crippen LogP contribution is -2.37. The van der Waals surface area contributed by atoms with E-state index in [1.807, 2.05) is 7.05 Å². The average molecular weight is 235 g/mol. The molecular weight excluding hydrogens is 214 g/mol. The van der Waals surface area contributed by atoms with Gasteiger partial charge >= 0.3 is 0 Å². The highest BCUT2D eigenvalue weighted by molar-refractivity contribution is 7.89. The van der Waals surface area contributed by atoms with Gasteiger partial charge in [0.2, 0.25) is 10.0 Å². The number of hydrogen-bond donors (Lipinski definition) is 2.